The average molecular weight is 264 g/mol. The number of ether oxygens (including phenoxy) is 1. The number of aliphatic hydroxyl groups excluding tert-OH is 1. The fourth-order valence-electron chi connectivity index (χ4n) is 1.80. The smallest absolute Gasteiger partial charge is 0.299 e. The summed E-state index contributed by atoms with van der Waals surface area (Å²) in [4.78, 5) is 0. The Balaban J connectivity index is 2.17. The second kappa shape index (κ2) is 5.46. The standard InChI is InChI=1S/C13H16N2O2S/c1-8(2)11-5-4-10(6-9(11)3)17-13-15-14-12(7-16)18-13/h4-6,8,16H,7H2,1-3H3. The minimum absolute atomic E-state index is 0.105. The Labute approximate surface area is 110 Å². The summed E-state index contributed by atoms with van der Waals surface area (Å²) in [6, 6.07) is 6.00. The lowest BCUT2D eigenvalue weighted by Gasteiger charge is -2.10. The van der Waals surface area contributed by atoms with E-state index in [2.05, 4.69) is 37.0 Å². The topological polar surface area (TPSA) is 55.2 Å². The van der Waals surface area contributed by atoms with Crippen molar-refractivity contribution in [2.24, 2.45) is 0 Å². The van der Waals surface area contributed by atoms with E-state index in [1.54, 1.807) is 0 Å². The zero-order chi connectivity index (χ0) is 13.1. The van der Waals surface area contributed by atoms with Crippen LogP contribution < -0.4 is 4.74 Å². The van der Waals surface area contributed by atoms with Gasteiger partial charge in [-0.3, -0.25) is 0 Å². The molecule has 0 radical (unpaired) electrons. The fourth-order valence-corrected chi connectivity index (χ4v) is 2.37. The van der Waals surface area contributed by atoms with E-state index in [0.29, 0.717) is 16.1 Å². The van der Waals surface area contributed by atoms with Gasteiger partial charge in [-0.25, -0.2) is 0 Å². The summed E-state index contributed by atoms with van der Waals surface area (Å²) in [5, 5.41) is 17.6. The van der Waals surface area contributed by atoms with Gasteiger partial charge in [0, 0.05) is 0 Å². The molecule has 0 saturated carbocycles. The van der Waals surface area contributed by atoms with Gasteiger partial charge in [-0.1, -0.05) is 36.3 Å². The van der Waals surface area contributed by atoms with Gasteiger partial charge in [0.1, 0.15) is 10.8 Å². The van der Waals surface area contributed by atoms with Crippen molar-refractivity contribution in [2.45, 2.75) is 33.3 Å². The third kappa shape index (κ3) is 2.86. The van der Waals surface area contributed by atoms with Crippen molar-refractivity contribution in [1.29, 1.82) is 0 Å². The molecule has 0 aliphatic rings. The van der Waals surface area contributed by atoms with E-state index < -0.39 is 0 Å². The molecule has 0 amide bonds. The molecule has 0 fully saturated rings. The summed E-state index contributed by atoms with van der Waals surface area (Å²) in [6.07, 6.45) is 0. The predicted octanol–water partition coefficient (Wildman–Crippen LogP) is 3.25. The molecule has 0 atom stereocenters. The van der Waals surface area contributed by atoms with Crippen molar-refractivity contribution >= 4 is 11.3 Å². The second-order valence-corrected chi connectivity index (χ2v) is 5.42. The number of benzene rings is 1. The molecule has 0 aliphatic heterocycles. The Kier molecular flexibility index (Phi) is 3.93. The summed E-state index contributed by atoms with van der Waals surface area (Å²) in [5.74, 6) is 1.25. The highest BCUT2D eigenvalue weighted by atomic mass is 32.1. The zero-order valence-corrected chi connectivity index (χ0v) is 11.5. The van der Waals surface area contributed by atoms with Crippen molar-refractivity contribution in [3.63, 3.8) is 0 Å². The first-order valence-corrected chi connectivity index (χ1v) is 6.63. The van der Waals surface area contributed by atoms with E-state index in [4.69, 9.17) is 9.84 Å². The minimum atomic E-state index is -0.105. The van der Waals surface area contributed by atoms with Gasteiger partial charge in [0.2, 0.25) is 0 Å². The lowest BCUT2D eigenvalue weighted by molar-refractivity contribution is 0.280. The molecule has 2 aromatic rings. The second-order valence-electron chi connectivity index (χ2n) is 4.39. The fraction of sp³-hybridized carbons (Fsp3) is 0.385. The van der Waals surface area contributed by atoms with Crippen molar-refractivity contribution in [2.75, 3.05) is 0 Å². The van der Waals surface area contributed by atoms with E-state index in [-0.39, 0.29) is 6.61 Å². The highest BCUT2D eigenvalue weighted by molar-refractivity contribution is 7.13. The van der Waals surface area contributed by atoms with Crippen LogP contribution in [-0.4, -0.2) is 15.3 Å². The highest BCUT2D eigenvalue weighted by Crippen LogP contribution is 2.28. The molecule has 2 rings (SSSR count). The molecule has 0 saturated heterocycles. The zero-order valence-electron chi connectivity index (χ0n) is 10.7. The molecular weight excluding hydrogens is 248 g/mol. The third-order valence-corrected chi connectivity index (χ3v) is 3.44. The molecule has 4 nitrogen and oxygen atoms in total. The van der Waals surface area contributed by atoms with Gasteiger partial charge >= 0.3 is 0 Å². The first-order chi connectivity index (χ1) is 8.60. The van der Waals surface area contributed by atoms with Crippen LogP contribution in [0.3, 0.4) is 0 Å². The first kappa shape index (κ1) is 13.0. The summed E-state index contributed by atoms with van der Waals surface area (Å²) >= 11 is 1.25. The van der Waals surface area contributed by atoms with Gasteiger partial charge in [0.25, 0.3) is 5.19 Å². The van der Waals surface area contributed by atoms with Gasteiger partial charge < -0.3 is 9.84 Å². The first-order valence-electron chi connectivity index (χ1n) is 5.81. The van der Waals surface area contributed by atoms with Gasteiger partial charge in [0.05, 0.1) is 6.61 Å². The van der Waals surface area contributed by atoms with Crippen LogP contribution in [0.2, 0.25) is 0 Å². The Morgan fingerprint density at radius 3 is 2.67 bits per heavy atom. The van der Waals surface area contributed by atoms with Crippen LogP contribution in [0.1, 0.15) is 35.9 Å². The Hall–Kier alpha value is -1.46. The molecule has 96 valence electrons. The Morgan fingerprint density at radius 2 is 2.11 bits per heavy atom. The average Bonchev–Trinajstić information content (AvgIpc) is 2.76. The van der Waals surface area contributed by atoms with Crippen molar-refractivity contribution in [3.8, 4) is 10.9 Å². The maximum absolute atomic E-state index is 8.91. The van der Waals surface area contributed by atoms with Crippen LogP contribution in [0.15, 0.2) is 18.2 Å². The molecule has 1 heterocycles. The molecule has 1 aromatic heterocycles. The van der Waals surface area contributed by atoms with Crippen molar-refractivity contribution in [3.05, 3.63) is 34.3 Å². The molecule has 18 heavy (non-hydrogen) atoms. The van der Waals surface area contributed by atoms with Gasteiger partial charge in [0.15, 0.2) is 0 Å². The molecule has 1 N–H and O–H groups in total. The predicted molar refractivity (Wildman–Crippen MR) is 71.2 cm³/mol. The van der Waals surface area contributed by atoms with E-state index in [1.807, 2.05) is 12.1 Å². The van der Waals surface area contributed by atoms with Gasteiger partial charge in [-0.2, -0.15) is 0 Å². The largest absolute Gasteiger partial charge is 0.430 e. The lowest BCUT2D eigenvalue weighted by Crippen LogP contribution is -1.92. The Bertz CT molecular complexity index is 538. The summed E-state index contributed by atoms with van der Waals surface area (Å²) < 4.78 is 5.61. The van der Waals surface area contributed by atoms with E-state index in [1.165, 1.54) is 22.5 Å². The Morgan fingerprint density at radius 1 is 1.33 bits per heavy atom. The molecule has 0 unspecified atom stereocenters. The van der Waals surface area contributed by atoms with Crippen LogP contribution in [0.4, 0.5) is 0 Å². The van der Waals surface area contributed by atoms with Gasteiger partial charge in [-0.15, -0.1) is 5.10 Å². The van der Waals surface area contributed by atoms with Gasteiger partial charge in [-0.05, 0) is 36.1 Å². The van der Waals surface area contributed by atoms with E-state index in [9.17, 15) is 0 Å². The van der Waals surface area contributed by atoms with E-state index >= 15 is 0 Å². The normalized spacial score (nSPS) is 10.9. The number of aromatic nitrogens is 2. The molecule has 0 bridgehead atoms. The molecule has 0 spiro atoms. The summed E-state index contributed by atoms with van der Waals surface area (Å²) in [5.41, 5.74) is 2.52. The number of rotatable bonds is 4. The van der Waals surface area contributed by atoms with Crippen LogP contribution in [0.25, 0.3) is 0 Å². The number of hydrogen-bond acceptors (Lipinski definition) is 5. The maximum atomic E-state index is 8.91. The summed E-state index contributed by atoms with van der Waals surface area (Å²) in [6.45, 7) is 6.30. The van der Waals surface area contributed by atoms with Crippen LogP contribution in [0.5, 0.6) is 10.9 Å². The van der Waals surface area contributed by atoms with Crippen LogP contribution in [-0.2, 0) is 6.61 Å². The lowest BCUT2D eigenvalue weighted by atomic mass is 9.98. The van der Waals surface area contributed by atoms with Crippen molar-refractivity contribution < 1.29 is 9.84 Å². The molecular formula is C13H16N2O2S. The monoisotopic (exact) mass is 264 g/mol. The number of aryl methyl sites for hydroxylation is 1. The van der Waals surface area contributed by atoms with E-state index in [0.717, 1.165) is 5.75 Å². The number of nitrogens with zero attached hydrogens (tertiary/aromatic N) is 2. The minimum Gasteiger partial charge on any atom is -0.430 e. The quantitative estimate of drug-likeness (QED) is 0.921. The molecule has 0 aliphatic carbocycles. The number of aliphatic hydroxyl groups is 1. The molecule has 5 heteroatoms. The van der Waals surface area contributed by atoms with Crippen molar-refractivity contribution in [1.82, 2.24) is 10.2 Å². The van der Waals surface area contributed by atoms with Crippen LogP contribution in [0, 0.1) is 6.92 Å². The van der Waals surface area contributed by atoms with Crippen LogP contribution >= 0.6 is 11.3 Å². The SMILES string of the molecule is Cc1cc(Oc2nnc(CO)s2)ccc1C(C)C. The molecule has 1 aromatic carbocycles. The third-order valence-electron chi connectivity index (χ3n) is 2.65. The maximum Gasteiger partial charge on any atom is 0.299 e. The summed E-state index contributed by atoms with van der Waals surface area (Å²) in [7, 11) is 0. The highest BCUT2D eigenvalue weighted by Gasteiger charge is 2.08. The number of hydrogen-bond donors (Lipinski definition) is 1.